The van der Waals surface area contributed by atoms with Gasteiger partial charge in [0.15, 0.2) is 0 Å². The van der Waals surface area contributed by atoms with Crippen LogP contribution in [0, 0.1) is 6.92 Å². The Morgan fingerprint density at radius 1 is 0.314 bits per heavy atom. The van der Waals surface area contributed by atoms with Crippen LogP contribution >= 0.6 is 0 Å². The molecule has 0 bridgehead atoms. The first-order valence-electron chi connectivity index (χ1n) is 17.4. The number of nitrogens with zero attached hydrogens (tertiary/aromatic N) is 2. The van der Waals surface area contributed by atoms with Crippen LogP contribution in [0.5, 0.6) is 0 Å². The molecule has 2 heteroatoms. The topological polar surface area (TPSA) is 6.48 Å². The molecule has 8 aromatic carbocycles. The number of benzene rings is 8. The van der Waals surface area contributed by atoms with Crippen LogP contribution in [0.25, 0.3) is 34.1 Å². The van der Waals surface area contributed by atoms with Crippen molar-refractivity contribution in [3.8, 4) is 11.1 Å². The fourth-order valence-corrected chi connectivity index (χ4v) is 6.65. The van der Waals surface area contributed by atoms with Gasteiger partial charge in [0, 0.05) is 34.1 Å². The van der Waals surface area contributed by atoms with Gasteiger partial charge in [-0.15, -0.1) is 0 Å². The van der Waals surface area contributed by atoms with Gasteiger partial charge in [0.05, 0.1) is 0 Å². The van der Waals surface area contributed by atoms with E-state index in [0.29, 0.717) is 0 Å². The zero-order chi connectivity index (χ0) is 34.4. The fraction of sp³-hybridized carbons (Fsp3) is 0.0204. The largest absolute Gasteiger partial charge is 0.311 e. The van der Waals surface area contributed by atoms with Crippen LogP contribution in [0.15, 0.2) is 200 Å². The van der Waals surface area contributed by atoms with E-state index in [-0.39, 0.29) is 0 Å². The molecule has 8 rings (SSSR count). The van der Waals surface area contributed by atoms with Crippen LogP contribution in [-0.2, 0) is 0 Å². The summed E-state index contributed by atoms with van der Waals surface area (Å²) in [6.45, 7) is 2.14. The minimum Gasteiger partial charge on any atom is -0.311 e. The highest BCUT2D eigenvalue weighted by Gasteiger charge is 2.14. The highest BCUT2D eigenvalue weighted by atomic mass is 15.1. The predicted octanol–water partition coefficient (Wildman–Crippen LogP) is 13.9. The van der Waals surface area contributed by atoms with E-state index >= 15 is 0 Å². The van der Waals surface area contributed by atoms with Crippen molar-refractivity contribution >= 4 is 57.0 Å². The summed E-state index contributed by atoms with van der Waals surface area (Å²) in [4.78, 5) is 4.62. The molecule has 8 aromatic rings. The molecule has 0 fully saturated rings. The molecule has 0 N–H and O–H groups in total. The third-order valence-corrected chi connectivity index (χ3v) is 9.27. The second kappa shape index (κ2) is 14.5. The molecule has 2 nitrogen and oxygen atoms in total. The monoisotopic (exact) mass is 654 g/mol. The maximum Gasteiger partial charge on any atom is 0.0468 e. The first kappa shape index (κ1) is 31.6. The molecule has 0 amide bonds. The van der Waals surface area contributed by atoms with Gasteiger partial charge in [-0.25, -0.2) is 0 Å². The van der Waals surface area contributed by atoms with Gasteiger partial charge >= 0.3 is 0 Å². The van der Waals surface area contributed by atoms with Crippen LogP contribution in [-0.4, -0.2) is 0 Å². The third-order valence-electron chi connectivity index (χ3n) is 9.27. The Labute approximate surface area is 300 Å². The number of anilines is 6. The first-order chi connectivity index (χ1) is 25.2. The van der Waals surface area contributed by atoms with Gasteiger partial charge in [0.25, 0.3) is 0 Å². The lowest BCUT2D eigenvalue weighted by Gasteiger charge is -2.26. The van der Waals surface area contributed by atoms with Crippen molar-refractivity contribution < 1.29 is 0 Å². The molecule has 0 aliphatic heterocycles. The molecule has 244 valence electrons. The van der Waals surface area contributed by atoms with Gasteiger partial charge in [-0.3, -0.25) is 0 Å². The highest BCUT2D eigenvalue weighted by molar-refractivity contribution is 5.89. The number of hydrogen-bond acceptors (Lipinski definition) is 2. The molecule has 0 aromatic heterocycles. The molecule has 0 radical (unpaired) electrons. The molecule has 0 unspecified atom stereocenters. The van der Waals surface area contributed by atoms with E-state index in [9.17, 15) is 0 Å². The maximum atomic E-state index is 2.33. The Kier molecular flexibility index (Phi) is 8.96. The van der Waals surface area contributed by atoms with Crippen molar-refractivity contribution in [3.63, 3.8) is 0 Å². The minimum absolute atomic E-state index is 1.12. The Hall–Kier alpha value is -6.64. The Balaban J connectivity index is 0.997. The van der Waals surface area contributed by atoms with E-state index in [2.05, 4.69) is 229 Å². The van der Waals surface area contributed by atoms with Crippen molar-refractivity contribution in [3.05, 3.63) is 217 Å². The molecule has 0 heterocycles. The van der Waals surface area contributed by atoms with Crippen LogP contribution in [0.1, 0.15) is 16.7 Å². The molecular formula is C49H38N2. The summed E-state index contributed by atoms with van der Waals surface area (Å²) in [5.74, 6) is 0. The molecular weight excluding hydrogens is 617 g/mol. The Bertz CT molecular complexity index is 2350. The summed E-state index contributed by atoms with van der Waals surface area (Å²) < 4.78 is 0. The zero-order valence-corrected chi connectivity index (χ0v) is 28.6. The predicted molar refractivity (Wildman–Crippen MR) is 219 cm³/mol. The normalized spacial score (nSPS) is 11.2. The highest BCUT2D eigenvalue weighted by Crippen LogP contribution is 2.37. The fourth-order valence-electron chi connectivity index (χ4n) is 6.65. The van der Waals surface area contributed by atoms with E-state index in [4.69, 9.17) is 0 Å². The van der Waals surface area contributed by atoms with E-state index in [0.717, 1.165) is 45.3 Å². The van der Waals surface area contributed by atoms with Gasteiger partial charge < -0.3 is 9.80 Å². The summed E-state index contributed by atoms with van der Waals surface area (Å²) in [6, 6.07) is 71.3. The average molecular weight is 655 g/mol. The standard InChI is InChI=1S/C49H38N2/c1-37-11-10-18-48(35-37)51(49-34-29-40-12-8-9-13-43(40)36-49)46-30-23-39(24-31-46)20-19-38-21-25-41(26-22-38)42-27-32-47(33-28-42)50(44-14-4-2-5-15-44)45-16-6-3-7-17-45/h2-36H,1H3/b20-19+. The van der Waals surface area contributed by atoms with Crippen molar-refractivity contribution in [2.75, 3.05) is 9.80 Å². The summed E-state index contributed by atoms with van der Waals surface area (Å²) in [5.41, 5.74) is 12.7. The maximum absolute atomic E-state index is 2.33. The van der Waals surface area contributed by atoms with E-state index in [1.165, 1.54) is 27.5 Å². The Morgan fingerprint density at radius 2 is 0.725 bits per heavy atom. The van der Waals surface area contributed by atoms with Crippen molar-refractivity contribution in [1.82, 2.24) is 0 Å². The number of rotatable bonds is 9. The van der Waals surface area contributed by atoms with E-state index in [1.807, 2.05) is 0 Å². The molecule has 51 heavy (non-hydrogen) atoms. The van der Waals surface area contributed by atoms with Crippen molar-refractivity contribution in [1.29, 1.82) is 0 Å². The number of fused-ring (bicyclic) bond motifs is 1. The summed E-state index contributed by atoms with van der Waals surface area (Å²) in [7, 11) is 0. The lowest BCUT2D eigenvalue weighted by atomic mass is 10.0. The van der Waals surface area contributed by atoms with Gasteiger partial charge in [0.1, 0.15) is 0 Å². The van der Waals surface area contributed by atoms with Gasteiger partial charge in [-0.1, -0.05) is 140 Å². The summed E-state index contributed by atoms with van der Waals surface area (Å²) in [6.07, 6.45) is 4.36. The number of aryl methyl sites for hydroxylation is 1. The van der Waals surface area contributed by atoms with E-state index in [1.54, 1.807) is 0 Å². The Morgan fingerprint density at radius 3 is 1.31 bits per heavy atom. The summed E-state index contributed by atoms with van der Waals surface area (Å²) in [5, 5.41) is 2.47. The van der Waals surface area contributed by atoms with Gasteiger partial charge in [-0.05, 0) is 118 Å². The quantitative estimate of drug-likeness (QED) is 0.143. The van der Waals surface area contributed by atoms with Crippen LogP contribution in [0.3, 0.4) is 0 Å². The first-order valence-corrected chi connectivity index (χ1v) is 17.4. The van der Waals surface area contributed by atoms with Crippen LogP contribution in [0.4, 0.5) is 34.1 Å². The second-order valence-corrected chi connectivity index (χ2v) is 12.8. The van der Waals surface area contributed by atoms with Crippen LogP contribution in [0.2, 0.25) is 0 Å². The molecule has 0 spiro atoms. The molecule has 0 aliphatic rings. The molecule has 0 saturated carbocycles. The smallest absolute Gasteiger partial charge is 0.0468 e. The second-order valence-electron chi connectivity index (χ2n) is 12.8. The molecule has 0 aliphatic carbocycles. The molecule has 0 atom stereocenters. The van der Waals surface area contributed by atoms with Crippen LogP contribution < -0.4 is 9.80 Å². The summed E-state index contributed by atoms with van der Waals surface area (Å²) >= 11 is 0. The van der Waals surface area contributed by atoms with Crippen molar-refractivity contribution in [2.24, 2.45) is 0 Å². The average Bonchev–Trinajstić information content (AvgIpc) is 3.19. The minimum atomic E-state index is 1.12. The third kappa shape index (κ3) is 7.08. The van der Waals surface area contributed by atoms with E-state index < -0.39 is 0 Å². The number of hydrogen-bond donors (Lipinski definition) is 0. The molecule has 0 saturated heterocycles. The van der Waals surface area contributed by atoms with Gasteiger partial charge in [0.2, 0.25) is 0 Å². The zero-order valence-electron chi connectivity index (χ0n) is 28.6. The SMILES string of the molecule is Cc1cccc(N(c2ccc(/C=C/c3ccc(-c4ccc(N(c5ccccc5)c5ccccc5)cc4)cc3)cc2)c2ccc3ccccc3c2)c1. The lowest BCUT2D eigenvalue weighted by molar-refractivity contribution is 1.27. The van der Waals surface area contributed by atoms with Gasteiger partial charge in [-0.2, -0.15) is 0 Å². The number of para-hydroxylation sites is 2. The lowest BCUT2D eigenvalue weighted by Crippen LogP contribution is -2.10. The van der Waals surface area contributed by atoms with Crippen molar-refractivity contribution in [2.45, 2.75) is 6.92 Å².